The van der Waals surface area contributed by atoms with Gasteiger partial charge in [-0.25, -0.2) is 14.8 Å². The van der Waals surface area contributed by atoms with E-state index in [2.05, 4.69) is 31.0 Å². The number of carboxylic acid groups (broad SMARTS) is 1. The van der Waals surface area contributed by atoms with Gasteiger partial charge in [0.2, 0.25) is 0 Å². The Balaban J connectivity index is 1.57. The highest BCUT2D eigenvalue weighted by molar-refractivity contribution is 5.87. The minimum absolute atomic E-state index is 0.105. The van der Waals surface area contributed by atoms with Crippen LogP contribution in [0.1, 0.15) is 23.7 Å². The highest BCUT2D eigenvalue weighted by atomic mass is 16.5. The Kier molecular flexibility index (Phi) is 7.64. The first-order valence-electron chi connectivity index (χ1n) is 11.5. The summed E-state index contributed by atoms with van der Waals surface area (Å²) in [5.74, 6) is -0.172. The Morgan fingerprint density at radius 3 is 2.69 bits per heavy atom. The second-order valence-corrected chi connectivity index (χ2v) is 8.32. The van der Waals surface area contributed by atoms with Gasteiger partial charge in [-0.15, -0.1) is 0 Å². The van der Waals surface area contributed by atoms with E-state index < -0.39 is 11.9 Å². The van der Waals surface area contributed by atoms with E-state index in [4.69, 9.17) is 14.6 Å². The number of rotatable bonds is 9. The third kappa shape index (κ3) is 5.54. The first kappa shape index (κ1) is 24.9. The molecule has 1 fully saturated rings. The number of anilines is 2. The number of nitrogens with one attached hydrogen (secondary N) is 3. The van der Waals surface area contributed by atoms with Gasteiger partial charge in [-0.2, -0.15) is 5.10 Å². The highest BCUT2D eigenvalue weighted by Gasteiger charge is 2.36. The van der Waals surface area contributed by atoms with Crippen molar-refractivity contribution in [1.29, 1.82) is 0 Å². The van der Waals surface area contributed by atoms with Crippen LogP contribution >= 0.6 is 0 Å². The molecule has 36 heavy (non-hydrogen) atoms. The molecule has 0 radical (unpaired) electrons. The summed E-state index contributed by atoms with van der Waals surface area (Å²) in [7, 11) is 3.37. The molecule has 12 heteroatoms. The van der Waals surface area contributed by atoms with Gasteiger partial charge in [-0.05, 0) is 31.2 Å². The van der Waals surface area contributed by atoms with E-state index in [-0.39, 0.29) is 30.3 Å². The molecule has 1 aromatic carbocycles. The predicted octanol–water partition coefficient (Wildman–Crippen LogP) is 1.98. The fourth-order valence-corrected chi connectivity index (χ4v) is 4.17. The van der Waals surface area contributed by atoms with E-state index in [0.29, 0.717) is 36.0 Å². The summed E-state index contributed by atoms with van der Waals surface area (Å²) >= 11 is 0. The molecule has 0 bridgehead atoms. The van der Waals surface area contributed by atoms with Gasteiger partial charge in [0.05, 0.1) is 42.6 Å². The molecule has 12 nitrogen and oxygen atoms in total. The number of hydrogen-bond acceptors (Lipinski definition) is 10. The maximum Gasteiger partial charge on any atom is 0.337 e. The van der Waals surface area contributed by atoms with Crippen molar-refractivity contribution in [3.05, 3.63) is 48.4 Å². The van der Waals surface area contributed by atoms with Crippen LogP contribution in [0.4, 0.5) is 11.5 Å². The summed E-state index contributed by atoms with van der Waals surface area (Å²) in [5, 5.41) is 23.5. The van der Waals surface area contributed by atoms with Gasteiger partial charge in [0.25, 0.3) is 0 Å². The van der Waals surface area contributed by atoms with Gasteiger partial charge < -0.3 is 25.2 Å². The van der Waals surface area contributed by atoms with Crippen molar-refractivity contribution in [3.8, 4) is 17.1 Å². The standard InChI is InChI=1S/C24H29N7O5/c1-4-36-24(34)16-12-26-20(29-19-9-8-14(11-25-19)23(32)33)10-18(16)28-17-7-5-6-15(21(17)35-3)22-27-13-31(2)30-22/h5-9,11,13,16,18,20,26,28H,4,10,12H2,1-3H3,(H,25,29)(H,32,33). The lowest BCUT2D eigenvalue weighted by atomic mass is 9.91. The topological polar surface area (TPSA) is 153 Å². The summed E-state index contributed by atoms with van der Waals surface area (Å²) in [4.78, 5) is 32.4. The molecule has 0 saturated carbocycles. The number of carbonyl (C=O) groups is 2. The van der Waals surface area contributed by atoms with E-state index in [0.717, 1.165) is 5.56 Å². The number of hydrogen-bond donors (Lipinski definition) is 4. The molecule has 0 aliphatic carbocycles. The zero-order valence-electron chi connectivity index (χ0n) is 20.3. The molecule has 3 atom stereocenters. The minimum atomic E-state index is -1.04. The Labute approximate surface area is 208 Å². The summed E-state index contributed by atoms with van der Waals surface area (Å²) in [5.41, 5.74) is 1.53. The van der Waals surface area contributed by atoms with Gasteiger partial charge in [-0.3, -0.25) is 14.8 Å². The lowest BCUT2D eigenvalue weighted by molar-refractivity contribution is -0.149. The molecule has 4 N–H and O–H groups in total. The first-order valence-corrected chi connectivity index (χ1v) is 11.5. The van der Waals surface area contributed by atoms with Crippen molar-refractivity contribution in [3.63, 3.8) is 0 Å². The predicted molar refractivity (Wildman–Crippen MR) is 132 cm³/mol. The van der Waals surface area contributed by atoms with Crippen LogP contribution in [0, 0.1) is 5.92 Å². The average Bonchev–Trinajstić information content (AvgIpc) is 3.30. The lowest BCUT2D eigenvalue weighted by Crippen LogP contribution is -2.55. The quantitative estimate of drug-likeness (QED) is 0.322. The summed E-state index contributed by atoms with van der Waals surface area (Å²) < 4.78 is 12.7. The number of benzene rings is 1. The largest absolute Gasteiger partial charge is 0.494 e. The molecule has 0 spiro atoms. The Morgan fingerprint density at radius 2 is 2.06 bits per heavy atom. The number of ether oxygens (including phenoxy) is 2. The number of methoxy groups -OCH3 is 1. The van der Waals surface area contributed by atoms with E-state index >= 15 is 0 Å². The molecule has 3 heterocycles. The average molecular weight is 496 g/mol. The van der Waals surface area contributed by atoms with Crippen LogP contribution in [-0.2, 0) is 16.6 Å². The van der Waals surface area contributed by atoms with Crippen LogP contribution in [0.15, 0.2) is 42.9 Å². The zero-order valence-corrected chi connectivity index (χ0v) is 20.3. The fraction of sp³-hybridized carbons (Fsp3) is 0.375. The molecular formula is C24H29N7O5. The molecule has 190 valence electrons. The first-order chi connectivity index (χ1) is 17.4. The van der Waals surface area contributed by atoms with E-state index in [1.54, 1.807) is 38.2 Å². The number of carboxylic acids is 1. The number of aromatic carboxylic acids is 1. The maximum absolute atomic E-state index is 12.8. The molecule has 0 amide bonds. The van der Waals surface area contributed by atoms with Crippen LogP contribution in [0.5, 0.6) is 5.75 Å². The zero-order chi connectivity index (χ0) is 25.7. The number of nitrogens with zero attached hydrogens (tertiary/aromatic N) is 4. The van der Waals surface area contributed by atoms with Crippen LogP contribution in [-0.4, -0.2) is 69.3 Å². The van der Waals surface area contributed by atoms with Crippen LogP contribution in [0.2, 0.25) is 0 Å². The van der Waals surface area contributed by atoms with Crippen molar-refractivity contribution in [2.45, 2.75) is 25.6 Å². The van der Waals surface area contributed by atoms with Crippen LogP contribution in [0.25, 0.3) is 11.4 Å². The van der Waals surface area contributed by atoms with Crippen molar-refractivity contribution >= 4 is 23.4 Å². The van der Waals surface area contributed by atoms with Crippen LogP contribution in [0.3, 0.4) is 0 Å². The number of aryl methyl sites for hydroxylation is 1. The number of para-hydroxylation sites is 1. The highest BCUT2D eigenvalue weighted by Crippen LogP contribution is 2.36. The second-order valence-electron chi connectivity index (χ2n) is 8.32. The fourth-order valence-electron chi connectivity index (χ4n) is 4.17. The molecule has 2 aromatic heterocycles. The number of pyridine rings is 1. The lowest BCUT2D eigenvalue weighted by Gasteiger charge is -2.37. The summed E-state index contributed by atoms with van der Waals surface area (Å²) in [6, 6.07) is 8.42. The van der Waals surface area contributed by atoms with Gasteiger partial charge in [0.15, 0.2) is 11.6 Å². The third-order valence-electron chi connectivity index (χ3n) is 5.88. The van der Waals surface area contributed by atoms with Crippen molar-refractivity contribution < 1.29 is 24.2 Å². The Morgan fingerprint density at radius 1 is 1.22 bits per heavy atom. The molecule has 3 aromatic rings. The van der Waals surface area contributed by atoms with Crippen molar-refractivity contribution in [1.82, 2.24) is 25.1 Å². The summed E-state index contributed by atoms with van der Waals surface area (Å²) in [6.45, 7) is 2.43. The number of carbonyl (C=O) groups excluding carboxylic acids is 1. The van der Waals surface area contributed by atoms with Crippen molar-refractivity contribution in [2.75, 3.05) is 30.9 Å². The smallest absolute Gasteiger partial charge is 0.337 e. The second kappa shape index (κ2) is 11.0. The van der Waals surface area contributed by atoms with E-state index in [1.807, 2.05) is 18.2 Å². The number of esters is 1. The third-order valence-corrected chi connectivity index (χ3v) is 5.88. The normalized spacial score (nSPS) is 19.4. The molecule has 1 aliphatic rings. The van der Waals surface area contributed by atoms with Gasteiger partial charge in [-0.1, -0.05) is 6.07 Å². The molecule has 1 saturated heterocycles. The number of piperidine rings is 1. The minimum Gasteiger partial charge on any atom is -0.494 e. The SMILES string of the molecule is CCOC(=O)C1CNC(Nc2ccc(C(=O)O)cn2)CC1Nc1cccc(-c2ncn(C)n2)c1OC. The monoisotopic (exact) mass is 495 g/mol. The van der Waals surface area contributed by atoms with E-state index in [9.17, 15) is 9.59 Å². The Bertz CT molecular complexity index is 1210. The molecule has 1 aliphatic heterocycles. The van der Waals surface area contributed by atoms with E-state index in [1.165, 1.54) is 12.3 Å². The molecule has 3 unspecified atom stereocenters. The molecular weight excluding hydrogens is 466 g/mol. The summed E-state index contributed by atoms with van der Waals surface area (Å²) in [6.07, 6.45) is 3.18. The maximum atomic E-state index is 12.8. The van der Waals surface area contributed by atoms with Gasteiger partial charge in [0.1, 0.15) is 12.1 Å². The van der Waals surface area contributed by atoms with Gasteiger partial charge in [0, 0.05) is 32.3 Å². The van der Waals surface area contributed by atoms with Gasteiger partial charge >= 0.3 is 11.9 Å². The molecule has 4 rings (SSSR count). The Hall–Kier alpha value is -4.19. The van der Waals surface area contributed by atoms with Crippen LogP contribution < -0.4 is 20.7 Å². The van der Waals surface area contributed by atoms with Crippen molar-refractivity contribution in [2.24, 2.45) is 13.0 Å². The number of aromatic nitrogens is 4.